The first-order valence-electron chi connectivity index (χ1n) is 11.0. The number of carbonyl (C=O) groups excluding carboxylic acids is 1. The van der Waals surface area contributed by atoms with E-state index in [0.29, 0.717) is 39.0 Å². The van der Waals surface area contributed by atoms with Gasteiger partial charge in [-0.05, 0) is 38.8 Å². The van der Waals surface area contributed by atoms with Crippen LogP contribution in [0.3, 0.4) is 0 Å². The van der Waals surface area contributed by atoms with Gasteiger partial charge in [0.1, 0.15) is 17.7 Å². The molecular formula is C21H27N7O6. The zero-order chi connectivity index (χ0) is 24.4. The fourth-order valence-electron chi connectivity index (χ4n) is 4.13. The highest BCUT2D eigenvalue weighted by Gasteiger charge is 2.47. The molecule has 4 heterocycles. The first kappa shape index (κ1) is 23.8. The molecule has 2 saturated heterocycles. The number of carboxylic acids is 1. The van der Waals surface area contributed by atoms with Gasteiger partial charge in [-0.2, -0.15) is 0 Å². The second-order valence-corrected chi connectivity index (χ2v) is 8.27. The van der Waals surface area contributed by atoms with Gasteiger partial charge in [-0.1, -0.05) is 5.92 Å². The quantitative estimate of drug-likeness (QED) is 0.312. The molecule has 2 aromatic heterocycles. The van der Waals surface area contributed by atoms with Crippen LogP contribution in [0.5, 0.6) is 0 Å². The molecule has 1 amide bonds. The van der Waals surface area contributed by atoms with Gasteiger partial charge in [0.25, 0.3) is 5.91 Å². The summed E-state index contributed by atoms with van der Waals surface area (Å²) in [5.74, 6) is 4.47. The van der Waals surface area contributed by atoms with Crippen LogP contribution in [-0.2, 0) is 14.3 Å². The number of ether oxygens (including phenoxy) is 1. The molecule has 0 aromatic carbocycles. The number of aliphatic hydroxyl groups is 2. The fourth-order valence-corrected chi connectivity index (χ4v) is 4.13. The number of likely N-dealkylation sites (tertiary alicyclic amines) is 1. The zero-order valence-corrected chi connectivity index (χ0v) is 18.6. The van der Waals surface area contributed by atoms with Crippen molar-refractivity contribution in [1.82, 2.24) is 29.7 Å². The van der Waals surface area contributed by atoms with Crippen molar-refractivity contribution < 1.29 is 29.6 Å². The Morgan fingerprint density at radius 3 is 2.68 bits per heavy atom. The largest absolute Gasteiger partial charge is 0.481 e. The maximum Gasteiger partial charge on any atom is 0.306 e. The molecule has 0 saturated carbocycles. The van der Waals surface area contributed by atoms with Crippen LogP contribution < -0.4 is 11.1 Å². The minimum Gasteiger partial charge on any atom is -0.481 e. The highest BCUT2D eigenvalue weighted by Crippen LogP contribution is 2.32. The predicted octanol–water partition coefficient (Wildman–Crippen LogP) is -1.69. The molecule has 0 bridgehead atoms. The molecule has 0 radical (unpaired) electrons. The third-order valence-electron chi connectivity index (χ3n) is 6.01. The summed E-state index contributed by atoms with van der Waals surface area (Å²) in [6.45, 7) is 3.80. The number of hydrogen-bond acceptors (Lipinski definition) is 10. The number of aliphatic hydroxyl groups excluding tert-OH is 2. The SMILES string of the molecule is CCNC(=O)[C@H]1O[C@@H](n2cnc3c(N)nc(C#CCN4CCC(C(=O)O)CC4)nc32)C(O)[C@H]1O. The molecule has 13 nitrogen and oxygen atoms in total. The van der Waals surface area contributed by atoms with Gasteiger partial charge in [-0.25, -0.2) is 15.0 Å². The van der Waals surface area contributed by atoms with Gasteiger partial charge in [0.2, 0.25) is 5.82 Å². The minimum atomic E-state index is -1.43. The number of rotatable bonds is 5. The van der Waals surface area contributed by atoms with E-state index in [-0.39, 0.29) is 28.7 Å². The van der Waals surface area contributed by atoms with Gasteiger partial charge in [-0.3, -0.25) is 19.1 Å². The molecule has 2 aliphatic rings. The van der Waals surface area contributed by atoms with Crippen LogP contribution in [0, 0.1) is 17.8 Å². The van der Waals surface area contributed by atoms with E-state index in [1.165, 1.54) is 10.9 Å². The minimum absolute atomic E-state index is 0.0867. The molecule has 0 aliphatic carbocycles. The molecule has 34 heavy (non-hydrogen) atoms. The molecule has 2 aliphatic heterocycles. The number of hydrogen-bond donors (Lipinski definition) is 5. The summed E-state index contributed by atoms with van der Waals surface area (Å²) in [7, 11) is 0. The van der Waals surface area contributed by atoms with E-state index in [1.807, 2.05) is 0 Å². The predicted molar refractivity (Wildman–Crippen MR) is 118 cm³/mol. The lowest BCUT2D eigenvalue weighted by Crippen LogP contribution is -2.42. The first-order valence-corrected chi connectivity index (χ1v) is 11.0. The summed E-state index contributed by atoms with van der Waals surface area (Å²) in [5, 5.41) is 32.5. The van der Waals surface area contributed by atoms with Crippen molar-refractivity contribution in [3.63, 3.8) is 0 Å². The number of carboxylic acid groups (broad SMARTS) is 1. The van der Waals surface area contributed by atoms with Gasteiger partial charge >= 0.3 is 5.97 Å². The molecule has 4 rings (SSSR count). The van der Waals surface area contributed by atoms with Crippen molar-refractivity contribution >= 4 is 28.9 Å². The number of piperidine rings is 1. The number of anilines is 1. The number of amides is 1. The number of fused-ring (bicyclic) bond motifs is 1. The van der Waals surface area contributed by atoms with Crippen molar-refractivity contribution in [2.45, 2.75) is 44.3 Å². The maximum absolute atomic E-state index is 12.2. The molecule has 4 atom stereocenters. The molecule has 1 unspecified atom stereocenters. The molecule has 182 valence electrons. The standard InChI is InChI=1S/C21H27N7O6/c1-2-23-19(31)16-14(29)15(30)20(34-16)28-10-24-13-17(22)25-12(26-18(13)28)4-3-7-27-8-5-11(6-9-27)21(32)33/h10-11,14-16,20,29-30H,2,5-9H2,1H3,(H,23,31)(H,32,33)(H2,22,25,26)/t14-,15?,16+,20-/m1/s1. The fraction of sp³-hybridized carbons (Fsp3) is 0.571. The van der Waals surface area contributed by atoms with Crippen LogP contribution in [0.2, 0.25) is 0 Å². The van der Waals surface area contributed by atoms with Crippen LogP contribution in [0.4, 0.5) is 5.82 Å². The van der Waals surface area contributed by atoms with E-state index < -0.39 is 36.4 Å². The highest BCUT2D eigenvalue weighted by atomic mass is 16.6. The Labute approximate surface area is 194 Å². The Hall–Kier alpha value is -3.31. The van der Waals surface area contributed by atoms with E-state index in [9.17, 15) is 19.8 Å². The number of aromatic nitrogens is 4. The van der Waals surface area contributed by atoms with Crippen LogP contribution >= 0.6 is 0 Å². The number of carbonyl (C=O) groups is 2. The number of imidazole rings is 1. The van der Waals surface area contributed by atoms with E-state index in [0.717, 1.165) is 0 Å². The number of nitrogens with one attached hydrogen (secondary N) is 1. The first-order chi connectivity index (χ1) is 16.3. The van der Waals surface area contributed by atoms with Crippen molar-refractivity contribution in [1.29, 1.82) is 0 Å². The van der Waals surface area contributed by atoms with Crippen molar-refractivity contribution in [3.8, 4) is 11.8 Å². The van der Waals surface area contributed by atoms with Crippen LogP contribution in [0.25, 0.3) is 11.2 Å². The average Bonchev–Trinajstić information content (AvgIpc) is 3.36. The van der Waals surface area contributed by atoms with Crippen molar-refractivity contribution in [3.05, 3.63) is 12.2 Å². The number of likely N-dealkylation sites (N-methyl/N-ethyl adjacent to an activating group) is 1. The van der Waals surface area contributed by atoms with E-state index in [4.69, 9.17) is 15.6 Å². The van der Waals surface area contributed by atoms with E-state index >= 15 is 0 Å². The topological polar surface area (TPSA) is 189 Å². The third kappa shape index (κ3) is 4.66. The van der Waals surface area contributed by atoms with Crippen LogP contribution in [-0.4, -0.2) is 96.1 Å². The van der Waals surface area contributed by atoms with Gasteiger partial charge in [0.05, 0.1) is 18.8 Å². The number of aliphatic carboxylic acids is 1. The highest BCUT2D eigenvalue weighted by molar-refractivity contribution is 5.83. The Morgan fingerprint density at radius 1 is 1.26 bits per heavy atom. The molecule has 2 aromatic rings. The number of nitrogen functional groups attached to an aromatic ring is 1. The molecule has 0 spiro atoms. The molecule has 6 N–H and O–H groups in total. The summed E-state index contributed by atoms with van der Waals surface area (Å²) < 4.78 is 7.03. The molecular weight excluding hydrogens is 446 g/mol. The van der Waals surface area contributed by atoms with E-state index in [2.05, 4.69) is 37.0 Å². The summed E-state index contributed by atoms with van der Waals surface area (Å²) >= 11 is 0. The summed E-state index contributed by atoms with van der Waals surface area (Å²) in [6, 6.07) is 0. The smallest absolute Gasteiger partial charge is 0.306 e. The lowest BCUT2D eigenvalue weighted by molar-refractivity contribution is -0.143. The monoisotopic (exact) mass is 473 g/mol. The Balaban J connectivity index is 1.52. The zero-order valence-electron chi connectivity index (χ0n) is 18.6. The number of nitrogens with zero attached hydrogens (tertiary/aromatic N) is 5. The third-order valence-corrected chi connectivity index (χ3v) is 6.01. The summed E-state index contributed by atoms with van der Waals surface area (Å²) in [5.41, 5.74) is 6.54. The average molecular weight is 473 g/mol. The number of nitrogens with two attached hydrogens (primary N) is 1. The molecule has 13 heteroatoms. The lowest BCUT2D eigenvalue weighted by Gasteiger charge is -2.28. The van der Waals surface area contributed by atoms with Gasteiger partial charge in [0.15, 0.2) is 23.8 Å². The van der Waals surface area contributed by atoms with Gasteiger partial charge in [0, 0.05) is 6.54 Å². The maximum atomic E-state index is 12.2. The second-order valence-electron chi connectivity index (χ2n) is 8.27. The second kappa shape index (κ2) is 9.90. The Kier molecular flexibility index (Phi) is 6.94. The van der Waals surface area contributed by atoms with E-state index in [1.54, 1.807) is 6.92 Å². The molecule has 2 fully saturated rings. The van der Waals surface area contributed by atoms with Gasteiger partial charge < -0.3 is 31.1 Å². The summed E-state index contributed by atoms with van der Waals surface area (Å²) in [4.78, 5) is 38.0. The normalized spacial score (nSPS) is 25.7. The van der Waals surface area contributed by atoms with Crippen molar-refractivity contribution in [2.24, 2.45) is 5.92 Å². The Morgan fingerprint density at radius 2 is 2.00 bits per heavy atom. The van der Waals surface area contributed by atoms with Gasteiger partial charge in [-0.15, -0.1) is 0 Å². The summed E-state index contributed by atoms with van der Waals surface area (Å²) in [6.07, 6.45) is -2.68. The lowest BCUT2D eigenvalue weighted by atomic mass is 9.97. The van der Waals surface area contributed by atoms with Crippen LogP contribution in [0.15, 0.2) is 6.33 Å². The Bertz CT molecular complexity index is 1130. The van der Waals surface area contributed by atoms with Crippen molar-refractivity contribution in [2.75, 3.05) is 31.9 Å². The van der Waals surface area contributed by atoms with Crippen LogP contribution in [0.1, 0.15) is 31.8 Å².